The fourth-order valence-electron chi connectivity index (χ4n) is 3.34. The Hall–Kier alpha value is -1.93. The number of sulfonamides is 1. The van der Waals surface area contributed by atoms with E-state index in [1.54, 1.807) is 37.6 Å². The Labute approximate surface area is 185 Å². The molecule has 0 saturated heterocycles. The highest BCUT2D eigenvalue weighted by molar-refractivity contribution is 8.00. The monoisotopic (exact) mass is 464 g/mol. The van der Waals surface area contributed by atoms with E-state index in [-0.39, 0.29) is 16.8 Å². The topological polar surface area (TPSA) is 103 Å². The molecule has 1 N–H and O–H groups in total. The van der Waals surface area contributed by atoms with Crippen LogP contribution in [-0.2, 0) is 14.8 Å². The number of amides is 1. The van der Waals surface area contributed by atoms with E-state index >= 15 is 0 Å². The van der Waals surface area contributed by atoms with E-state index in [1.165, 1.54) is 33.6 Å². The van der Waals surface area contributed by atoms with Crippen molar-refractivity contribution in [3.05, 3.63) is 35.3 Å². The zero-order valence-electron chi connectivity index (χ0n) is 16.9. The van der Waals surface area contributed by atoms with Gasteiger partial charge in [-0.05, 0) is 43.3 Å². The lowest BCUT2D eigenvalue weighted by molar-refractivity contribution is -0.115. The first kappa shape index (κ1) is 22.7. The van der Waals surface area contributed by atoms with Crippen LogP contribution in [0.3, 0.4) is 0 Å². The highest BCUT2D eigenvalue weighted by atomic mass is 32.2. The highest BCUT2D eigenvalue weighted by Crippen LogP contribution is 2.29. The minimum atomic E-state index is -3.59. The fourth-order valence-corrected chi connectivity index (χ4v) is 6.23. The largest absolute Gasteiger partial charge is 0.316 e. The smallest absolute Gasteiger partial charge is 0.244 e. The molecule has 2 aromatic heterocycles. The van der Waals surface area contributed by atoms with Crippen molar-refractivity contribution in [1.82, 2.24) is 9.29 Å². The first-order valence-electron chi connectivity index (χ1n) is 9.72. The van der Waals surface area contributed by atoms with Crippen LogP contribution in [0.5, 0.6) is 0 Å². The van der Waals surface area contributed by atoms with E-state index in [4.69, 9.17) is 5.26 Å². The lowest BCUT2D eigenvalue weighted by Gasteiger charge is -2.30. The van der Waals surface area contributed by atoms with Crippen LogP contribution >= 0.6 is 23.1 Å². The highest BCUT2D eigenvalue weighted by Gasteiger charge is 2.29. The molecule has 7 nitrogen and oxygen atoms in total. The van der Waals surface area contributed by atoms with Crippen LogP contribution in [0, 0.1) is 11.3 Å². The van der Waals surface area contributed by atoms with Crippen molar-refractivity contribution in [3.63, 3.8) is 0 Å². The maximum absolute atomic E-state index is 12.9. The molecule has 0 aliphatic heterocycles. The number of thiophene rings is 1. The summed E-state index contributed by atoms with van der Waals surface area (Å²) in [5.41, 5.74) is 0.431. The zero-order chi connectivity index (χ0) is 21.7. The first-order valence-corrected chi connectivity index (χ1v) is 12.9. The number of aromatic nitrogens is 1. The SMILES string of the molecule is CC(Sc1ccc(S(=O)(=O)N(C)C2CCCCC2)cn1)C(=O)Nc1sccc1C#N. The van der Waals surface area contributed by atoms with Crippen molar-refractivity contribution in [3.8, 4) is 6.07 Å². The Morgan fingerprint density at radius 1 is 1.33 bits per heavy atom. The normalized spacial score (nSPS) is 16.2. The molecule has 1 fully saturated rings. The molecule has 0 spiro atoms. The van der Waals surface area contributed by atoms with Crippen molar-refractivity contribution < 1.29 is 13.2 Å². The predicted octanol–water partition coefficient (Wildman–Crippen LogP) is 4.09. The second-order valence-corrected chi connectivity index (χ2v) is 11.4. The lowest BCUT2D eigenvalue weighted by Crippen LogP contribution is -2.38. The third-order valence-electron chi connectivity index (χ3n) is 5.16. The van der Waals surface area contributed by atoms with E-state index in [9.17, 15) is 13.2 Å². The van der Waals surface area contributed by atoms with Gasteiger partial charge in [0, 0.05) is 19.3 Å². The Bertz CT molecular complexity index is 1020. The van der Waals surface area contributed by atoms with Crippen LogP contribution in [0.4, 0.5) is 5.00 Å². The molecular formula is C20H24N4O3S3. The van der Waals surface area contributed by atoms with Gasteiger partial charge in [-0.15, -0.1) is 11.3 Å². The summed E-state index contributed by atoms with van der Waals surface area (Å²) in [5, 5.41) is 14.2. The lowest BCUT2D eigenvalue weighted by atomic mass is 9.96. The number of rotatable bonds is 7. The van der Waals surface area contributed by atoms with E-state index < -0.39 is 15.3 Å². The summed E-state index contributed by atoms with van der Waals surface area (Å²) in [5.74, 6) is -0.241. The van der Waals surface area contributed by atoms with Crippen LogP contribution in [0.2, 0.25) is 0 Å². The third kappa shape index (κ3) is 5.21. The first-order chi connectivity index (χ1) is 14.3. The molecule has 1 saturated carbocycles. The number of thioether (sulfide) groups is 1. The van der Waals surface area contributed by atoms with Crippen molar-refractivity contribution in [2.75, 3.05) is 12.4 Å². The summed E-state index contributed by atoms with van der Waals surface area (Å²) in [6, 6.07) is 6.90. The minimum Gasteiger partial charge on any atom is -0.316 e. The molecule has 2 aromatic rings. The summed E-state index contributed by atoms with van der Waals surface area (Å²) < 4.78 is 27.3. The summed E-state index contributed by atoms with van der Waals surface area (Å²) >= 11 is 2.53. The summed E-state index contributed by atoms with van der Waals surface area (Å²) in [4.78, 5) is 16.8. The van der Waals surface area contributed by atoms with E-state index in [1.807, 2.05) is 6.07 Å². The Kier molecular flexibility index (Phi) is 7.52. The number of hydrogen-bond donors (Lipinski definition) is 1. The van der Waals surface area contributed by atoms with Gasteiger partial charge in [0.15, 0.2) is 0 Å². The number of nitrogens with zero attached hydrogens (tertiary/aromatic N) is 3. The van der Waals surface area contributed by atoms with Gasteiger partial charge in [-0.25, -0.2) is 13.4 Å². The maximum Gasteiger partial charge on any atom is 0.244 e. The van der Waals surface area contributed by atoms with E-state index in [0.717, 1.165) is 32.1 Å². The van der Waals surface area contributed by atoms with Gasteiger partial charge in [0.1, 0.15) is 16.0 Å². The molecular weight excluding hydrogens is 440 g/mol. The van der Waals surface area contributed by atoms with Crippen molar-refractivity contribution in [2.45, 2.75) is 60.2 Å². The number of carbonyl (C=O) groups is 1. The molecule has 160 valence electrons. The molecule has 0 aromatic carbocycles. The molecule has 30 heavy (non-hydrogen) atoms. The molecule has 0 bridgehead atoms. The molecule has 1 amide bonds. The van der Waals surface area contributed by atoms with Gasteiger partial charge in [-0.1, -0.05) is 31.0 Å². The van der Waals surface area contributed by atoms with Crippen LogP contribution in [-0.4, -0.2) is 42.0 Å². The van der Waals surface area contributed by atoms with E-state index in [2.05, 4.69) is 10.3 Å². The molecule has 1 aliphatic carbocycles. The molecule has 1 unspecified atom stereocenters. The Morgan fingerprint density at radius 3 is 2.70 bits per heavy atom. The predicted molar refractivity (Wildman–Crippen MR) is 119 cm³/mol. The van der Waals surface area contributed by atoms with Gasteiger partial charge in [0.05, 0.1) is 15.8 Å². The number of nitriles is 1. The van der Waals surface area contributed by atoms with Crippen molar-refractivity contribution >= 4 is 44.0 Å². The Balaban J connectivity index is 1.63. The average Bonchev–Trinajstić information content (AvgIpc) is 3.21. The number of carbonyl (C=O) groups excluding carboxylic acids is 1. The number of hydrogen-bond acceptors (Lipinski definition) is 7. The van der Waals surface area contributed by atoms with Gasteiger partial charge in [-0.2, -0.15) is 9.57 Å². The third-order valence-corrected chi connectivity index (χ3v) is 8.94. The number of pyridine rings is 1. The van der Waals surface area contributed by atoms with Gasteiger partial charge in [-0.3, -0.25) is 4.79 Å². The molecule has 1 atom stereocenters. The Morgan fingerprint density at radius 2 is 2.07 bits per heavy atom. The molecule has 3 rings (SSSR count). The average molecular weight is 465 g/mol. The summed E-state index contributed by atoms with van der Waals surface area (Å²) in [7, 11) is -1.95. The van der Waals surface area contributed by atoms with Crippen molar-refractivity contribution in [2.24, 2.45) is 0 Å². The second kappa shape index (κ2) is 9.92. The quantitative estimate of drug-likeness (QED) is 0.619. The number of nitrogens with one attached hydrogen (secondary N) is 1. The molecule has 1 aliphatic rings. The van der Waals surface area contributed by atoms with Gasteiger partial charge in [0.25, 0.3) is 0 Å². The molecule has 0 radical (unpaired) electrons. The molecule has 10 heteroatoms. The van der Waals surface area contributed by atoms with Crippen LogP contribution in [0.25, 0.3) is 0 Å². The molecule has 2 heterocycles. The number of anilines is 1. The van der Waals surface area contributed by atoms with Gasteiger partial charge < -0.3 is 5.32 Å². The summed E-state index contributed by atoms with van der Waals surface area (Å²) in [6.45, 7) is 1.74. The van der Waals surface area contributed by atoms with Crippen LogP contribution in [0.1, 0.15) is 44.6 Å². The fraction of sp³-hybridized carbons (Fsp3) is 0.450. The second-order valence-electron chi connectivity index (χ2n) is 7.17. The zero-order valence-corrected chi connectivity index (χ0v) is 19.3. The minimum absolute atomic E-state index is 0.0390. The van der Waals surface area contributed by atoms with E-state index in [0.29, 0.717) is 15.6 Å². The standard InChI is InChI=1S/C20H24N4O3S3/c1-14(19(25)23-20-15(12-21)10-11-28-20)29-18-9-8-17(13-22-18)30(26,27)24(2)16-6-4-3-5-7-16/h8-11,13-14,16H,3-7H2,1-2H3,(H,23,25). The van der Waals surface area contributed by atoms with Crippen LogP contribution in [0.15, 0.2) is 39.7 Å². The van der Waals surface area contributed by atoms with Crippen LogP contribution < -0.4 is 5.32 Å². The van der Waals surface area contributed by atoms with Gasteiger partial charge >= 0.3 is 0 Å². The summed E-state index contributed by atoms with van der Waals surface area (Å²) in [6.07, 6.45) is 6.41. The maximum atomic E-state index is 12.9. The van der Waals surface area contributed by atoms with Crippen molar-refractivity contribution in [1.29, 1.82) is 5.26 Å². The van der Waals surface area contributed by atoms with Gasteiger partial charge in [0.2, 0.25) is 15.9 Å².